The largest absolute Gasteiger partial charge is 0.463 e. The first-order valence-electron chi connectivity index (χ1n) is 5.83. The Morgan fingerprint density at radius 3 is 2.37 bits per heavy atom. The van der Waals surface area contributed by atoms with E-state index < -0.39 is 5.97 Å². The molecule has 0 fully saturated rings. The lowest BCUT2D eigenvalue weighted by molar-refractivity contribution is 0.0563. The summed E-state index contributed by atoms with van der Waals surface area (Å²) in [5.41, 5.74) is 2.53. The molecule has 0 aliphatic carbocycles. The number of benzene rings is 1. The zero-order valence-corrected chi connectivity index (χ0v) is 11.0. The summed E-state index contributed by atoms with van der Waals surface area (Å²) in [4.78, 5) is 23.5. The Bertz CT molecular complexity index is 637. The molecule has 2 aromatic rings. The molecule has 1 heterocycles. The van der Waals surface area contributed by atoms with Crippen molar-refractivity contribution in [2.45, 2.75) is 13.8 Å². The number of aryl methyl sites for hydroxylation is 2. The van der Waals surface area contributed by atoms with Gasteiger partial charge < -0.3 is 9.15 Å². The van der Waals surface area contributed by atoms with Crippen molar-refractivity contribution < 1.29 is 18.7 Å². The predicted octanol–water partition coefficient (Wildman–Crippen LogP) is 2.91. The zero-order valence-electron chi connectivity index (χ0n) is 11.0. The minimum absolute atomic E-state index is 0.0237. The number of carbonyl (C=O) groups is 2. The van der Waals surface area contributed by atoms with Crippen LogP contribution < -0.4 is 0 Å². The molecule has 0 radical (unpaired) electrons. The molecule has 0 aliphatic heterocycles. The summed E-state index contributed by atoms with van der Waals surface area (Å²) in [6.07, 6.45) is 0. The van der Waals surface area contributed by atoms with Crippen molar-refractivity contribution in [3.8, 4) is 0 Å². The summed E-state index contributed by atoms with van der Waals surface area (Å²) in [7, 11) is 1.26. The highest BCUT2D eigenvalue weighted by Crippen LogP contribution is 2.18. The van der Waals surface area contributed by atoms with Crippen molar-refractivity contribution >= 4 is 11.8 Å². The predicted molar refractivity (Wildman–Crippen MR) is 69.4 cm³/mol. The number of hydrogen-bond acceptors (Lipinski definition) is 4. The van der Waals surface area contributed by atoms with Gasteiger partial charge in [0.2, 0.25) is 11.5 Å². The van der Waals surface area contributed by atoms with Crippen LogP contribution in [0, 0.1) is 13.8 Å². The minimum Gasteiger partial charge on any atom is -0.463 e. The Balaban J connectivity index is 2.34. The maximum Gasteiger partial charge on any atom is 0.373 e. The molecule has 0 bridgehead atoms. The van der Waals surface area contributed by atoms with Crippen molar-refractivity contribution in [3.63, 3.8) is 0 Å². The third-order valence-electron chi connectivity index (χ3n) is 2.84. The molecule has 1 aromatic carbocycles. The van der Waals surface area contributed by atoms with Gasteiger partial charge in [0.05, 0.1) is 7.11 Å². The highest BCUT2D eigenvalue weighted by Gasteiger charge is 2.18. The molecule has 4 heteroatoms. The summed E-state index contributed by atoms with van der Waals surface area (Å²) in [6, 6.07) is 8.46. The Morgan fingerprint density at radius 1 is 1.05 bits per heavy atom. The first kappa shape index (κ1) is 13.1. The minimum atomic E-state index is -0.598. The van der Waals surface area contributed by atoms with E-state index >= 15 is 0 Å². The van der Waals surface area contributed by atoms with Crippen LogP contribution in [0.4, 0.5) is 0 Å². The van der Waals surface area contributed by atoms with Gasteiger partial charge in [-0.1, -0.05) is 23.8 Å². The SMILES string of the molecule is COC(=O)c1ccc(C(=O)c2ccc(C)cc2C)o1. The van der Waals surface area contributed by atoms with Gasteiger partial charge in [0.25, 0.3) is 0 Å². The van der Waals surface area contributed by atoms with Gasteiger partial charge in [-0.05, 0) is 31.5 Å². The number of ketones is 1. The molecule has 0 N–H and O–H groups in total. The number of carbonyl (C=O) groups excluding carboxylic acids is 2. The van der Waals surface area contributed by atoms with Crippen LogP contribution in [0.15, 0.2) is 34.7 Å². The molecule has 0 saturated carbocycles. The third kappa shape index (κ3) is 2.57. The monoisotopic (exact) mass is 258 g/mol. The van der Waals surface area contributed by atoms with Crippen LogP contribution in [0.5, 0.6) is 0 Å². The summed E-state index contributed by atoms with van der Waals surface area (Å²) in [5.74, 6) is -0.685. The first-order valence-corrected chi connectivity index (χ1v) is 5.83. The van der Waals surface area contributed by atoms with Crippen molar-refractivity contribution in [2.75, 3.05) is 7.11 Å². The lowest BCUT2D eigenvalue weighted by Crippen LogP contribution is -2.03. The maximum absolute atomic E-state index is 12.3. The molecule has 0 unspecified atom stereocenters. The van der Waals surface area contributed by atoms with Gasteiger partial charge in [-0.2, -0.15) is 0 Å². The van der Waals surface area contributed by atoms with E-state index in [1.165, 1.54) is 19.2 Å². The van der Waals surface area contributed by atoms with Crippen LogP contribution in [0.25, 0.3) is 0 Å². The summed E-state index contributed by atoms with van der Waals surface area (Å²) < 4.78 is 9.74. The van der Waals surface area contributed by atoms with Gasteiger partial charge in [-0.3, -0.25) is 4.79 Å². The fourth-order valence-electron chi connectivity index (χ4n) is 1.87. The average molecular weight is 258 g/mol. The second-order valence-corrected chi connectivity index (χ2v) is 4.30. The highest BCUT2D eigenvalue weighted by atomic mass is 16.5. The van der Waals surface area contributed by atoms with E-state index in [1.54, 1.807) is 6.07 Å². The van der Waals surface area contributed by atoms with Crippen LogP contribution in [0.2, 0.25) is 0 Å². The van der Waals surface area contributed by atoms with Crippen molar-refractivity contribution in [3.05, 3.63) is 58.5 Å². The fraction of sp³-hybridized carbons (Fsp3) is 0.200. The van der Waals surface area contributed by atoms with Crippen molar-refractivity contribution in [1.82, 2.24) is 0 Å². The summed E-state index contributed by atoms with van der Waals surface area (Å²) in [6.45, 7) is 3.83. The Labute approximate surface area is 111 Å². The average Bonchev–Trinajstić information content (AvgIpc) is 2.86. The second-order valence-electron chi connectivity index (χ2n) is 4.30. The molecular formula is C15H14O4. The Hall–Kier alpha value is -2.36. The molecule has 4 nitrogen and oxygen atoms in total. The molecule has 98 valence electrons. The number of ether oxygens (including phenoxy) is 1. The van der Waals surface area contributed by atoms with E-state index in [0.717, 1.165) is 11.1 Å². The normalized spacial score (nSPS) is 10.3. The molecule has 19 heavy (non-hydrogen) atoms. The number of methoxy groups -OCH3 is 1. The van der Waals surface area contributed by atoms with Gasteiger partial charge >= 0.3 is 5.97 Å². The molecule has 0 spiro atoms. The lowest BCUT2D eigenvalue weighted by Gasteiger charge is -2.03. The third-order valence-corrected chi connectivity index (χ3v) is 2.84. The van der Waals surface area contributed by atoms with E-state index in [4.69, 9.17) is 4.42 Å². The van der Waals surface area contributed by atoms with E-state index in [1.807, 2.05) is 26.0 Å². The number of hydrogen-bond donors (Lipinski definition) is 0. The molecular weight excluding hydrogens is 244 g/mol. The topological polar surface area (TPSA) is 56.5 Å². The molecule has 0 saturated heterocycles. The number of esters is 1. The van der Waals surface area contributed by atoms with E-state index in [2.05, 4.69) is 4.74 Å². The van der Waals surface area contributed by atoms with E-state index in [0.29, 0.717) is 5.56 Å². The molecule has 0 aliphatic rings. The highest BCUT2D eigenvalue weighted by molar-refractivity contribution is 6.08. The van der Waals surface area contributed by atoms with Crippen LogP contribution in [-0.4, -0.2) is 18.9 Å². The van der Waals surface area contributed by atoms with Gasteiger partial charge in [-0.15, -0.1) is 0 Å². The smallest absolute Gasteiger partial charge is 0.373 e. The van der Waals surface area contributed by atoms with Crippen LogP contribution >= 0.6 is 0 Å². The van der Waals surface area contributed by atoms with E-state index in [9.17, 15) is 9.59 Å². The number of furan rings is 1. The lowest BCUT2D eigenvalue weighted by atomic mass is 10.0. The zero-order chi connectivity index (χ0) is 14.0. The van der Waals surface area contributed by atoms with Crippen LogP contribution in [0.1, 0.15) is 37.8 Å². The van der Waals surface area contributed by atoms with E-state index in [-0.39, 0.29) is 17.3 Å². The van der Waals surface area contributed by atoms with Gasteiger partial charge in [0, 0.05) is 5.56 Å². The Morgan fingerprint density at radius 2 is 1.74 bits per heavy atom. The van der Waals surface area contributed by atoms with Crippen molar-refractivity contribution in [2.24, 2.45) is 0 Å². The maximum atomic E-state index is 12.3. The summed E-state index contributed by atoms with van der Waals surface area (Å²) >= 11 is 0. The fourth-order valence-corrected chi connectivity index (χ4v) is 1.87. The Kier molecular flexibility index (Phi) is 3.51. The summed E-state index contributed by atoms with van der Waals surface area (Å²) in [5, 5.41) is 0. The molecule has 0 amide bonds. The van der Waals surface area contributed by atoms with Crippen LogP contribution in [-0.2, 0) is 4.74 Å². The molecule has 2 rings (SSSR count). The van der Waals surface area contributed by atoms with Gasteiger partial charge in [0.15, 0.2) is 5.76 Å². The molecule has 0 atom stereocenters. The van der Waals surface area contributed by atoms with Gasteiger partial charge in [-0.25, -0.2) is 4.79 Å². The quantitative estimate of drug-likeness (QED) is 0.627. The number of rotatable bonds is 3. The van der Waals surface area contributed by atoms with Crippen LogP contribution in [0.3, 0.4) is 0 Å². The van der Waals surface area contributed by atoms with Crippen molar-refractivity contribution in [1.29, 1.82) is 0 Å². The van der Waals surface area contributed by atoms with Gasteiger partial charge in [0.1, 0.15) is 0 Å². The second kappa shape index (κ2) is 5.10. The first-order chi connectivity index (χ1) is 9.02. The standard InChI is InChI=1S/C15H14O4/c1-9-4-5-11(10(2)8-9)14(16)12-6-7-13(19-12)15(17)18-3/h4-8H,1-3H3. The molecule has 1 aromatic heterocycles.